The van der Waals surface area contributed by atoms with E-state index in [-0.39, 0.29) is 5.97 Å². The Hall–Kier alpha value is -1.57. The summed E-state index contributed by atoms with van der Waals surface area (Å²) in [6.07, 6.45) is 5.99. The number of allylic oxidation sites excluding steroid dienone is 1. The van der Waals surface area contributed by atoms with Crippen LogP contribution in [0.5, 0.6) is 0 Å². The summed E-state index contributed by atoms with van der Waals surface area (Å²) >= 11 is 0. The summed E-state index contributed by atoms with van der Waals surface area (Å²) in [5.41, 5.74) is 1.63. The third-order valence-electron chi connectivity index (χ3n) is 2.65. The molecule has 0 spiro atoms. The summed E-state index contributed by atoms with van der Waals surface area (Å²) in [6, 6.07) is 9.73. The smallest absolute Gasteiger partial charge is 0.338 e. The molecule has 2 nitrogen and oxygen atoms in total. The zero-order valence-electron chi connectivity index (χ0n) is 11.3. The highest BCUT2D eigenvalue weighted by molar-refractivity contribution is 6.16. The largest absolute Gasteiger partial charge is 0.462 e. The van der Waals surface area contributed by atoms with Crippen molar-refractivity contribution in [3.63, 3.8) is 0 Å². The molecule has 0 saturated heterocycles. The molecular weight excluding hydrogens is 224 g/mol. The number of carbonyl (C=O) groups excluding carboxylic acids is 1. The highest BCUT2D eigenvalue weighted by Gasteiger charge is 2.12. The molecule has 0 amide bonds. The minimum absolute atomic E-state index is 0.209. The molecule has 0 radical (unpaired) electrons. The lowest BCUT2D eigenvalue weighted by atomic mass is 10.0. The maximum absolute atomic E-state index is 12.0. The Balaban J connectivity index is 2.81. The van der Waals surface area contributed by atoms with Crippen molar-refractivity contribution in [3.05, 3.63) is 42.0 Å². The molecule has 0 bridgehead atoms. The van der Waals surface area contributed by atoms with Gasteiger partial charge in [-0.2, -0.15) is 0 Å². The lowest BCUT2D eigenvalue weighted by Gasteiger charge is -2.08. The molecule has 0 fully saturated rings. The molecule has 18 heavy (non-hydrogen) atoms. The summed E-state index contributed by atoms with van der Waals surface area (Å²) in [4.78, 5) is 12.0. The molecule has 0 saturated carbocycles. The SMILES string of the molecule is CCCCC=C(C(=O)OCCC)c1ccccc1. The van der Waals surface area contributed by atoms with Crippen LogP contribution >= 0.6 is 0 Å². The summed E-state index contributed by atoms with van der Waals surface area (Å²) in [6.45, 7) is 4.62. The van der Waals surface area contributed by atoms with E-state index in [1.165, 1.54) is 0 Å². The van der Waals surface area contributed by atoms with Gasteiger partial charge in [0.15, 0.2) is 0 Å². The Morgan fingerprint density at radius 1 is 1.17 bits per heavy atom. The van der Waals surface area contributed by atoms with Gasteiger partial charge in [0.05, 0.1) is 12.2 Å². The molecule has 0 N–H and O–H groups in total. The van der Waals surface area contributed by atoms with E-state index in [4.69, 9.17) is 4.74 Å². The number of ether oxygens (including phenoxy) is 1. The van der Waals surface area contributed by atoms with E-state index in [2.05, 4.69) is 6.92 Å². The second-order valence-corrected chi connectivity index (χ2v) is 4.26. The minimum Gasteiger partial charge on any atom is -0.462 e. The highest BCUT2D eigenvalue weighted by atomic mass is 16.5. The molecule has 98 valence electrons. The van der Waals surface area contributed by atoms with Gasteiger partial charge in [-0.1, -0.05) is 63.1 Å². The second-order valence-electron chi connectivity index (χ2n) is 4.26. The molecule has 1 aromatic carbocycles. The van der Waals surface area contributed by atoms with Crippen molar-refractivity contribution in [1.82, 2.24) is 0 Å². The Bertz CT molecular complexity index is 379. The topological polar surface area (TPSA) is 26.3 Å². The van der Waals surface area contributed by atoms with Crippen molar-refractivity contribution in [2.24, 2.45) is 0 Å². The van der Waals surface area contributed by atoms with Crippen molar-refractivity contribution in [2.75, 3.05) is 6.61 Å². The van der Waals surface area contributed by atoms with Gasteiger partial charge in [0.25, 0.3) is 0 Å². The van der Waals surface area contributed by atoms with Crippen molar-refractivity contribution < 1.29 is 9.53 Å². The Labute approximate surface area is 110 Å². The van der Waals surface area contributed by atoms with Crippen LogP contribution in [0.1, 0.15) is 45.1 Å². The average molecular weight is 246 g/mol. The number of esters is 1. The third-order valence-corrected chi connectivity index (χ3v) is 2.65. The molecule has 2 heteroatoms. The van der Waals surface area contributed by atoms with Gasteiger partial charge in [-0.3, -0.25) is 0 Å². The van der Waals surface area contributed by atoms with E-state index >= 15 is 0 Å². The van der Waals surface area contributed by atoms with Crippen molar-refractivity contribution in [3.8, 4) is 0 Å². The van der Waals surface area contributed by atoms with Crippen LogP contribution in [0.2, 0.25) is 0 Å². The van der Waals surface area contributed by atoms with Crippen LogP contribution in [0.3, 0.4) is 0 Å². The van der Waals surface area contributed by atoms with E-state index in [0.717, 1.165) is 31.2 Å². The van der Waals surface area contributed by atoms with Crippen LogP contribution in [-0.2, 0) is 9.53 Å². The summed E-state index contributed by atoms with van der Waals surface area (Å²) in [5.74, 6) is -0.209. The van der Waals surface area contributed by atoms with E-state index < -0.39 is 0 Å². The molecule has 1 aromatic rings. The first-order valence-electron chi connectivity index (χ1n) is 6.72. The van der Waals surface area contributed by atoms with E-state index in [1.54, 1.807) is 0 Å². The van der Waals surface area contributed by atoms with Crippen molar-refractivity contribution in [2.45, 2.75) is 39.5 Å². The second kappa shape index (κ2) is 8.51. The van der Waals surface area contributed by atoms with Gasteiger partial charge in [-0.05, 0) is 18.4 Å². The first-order chi connectivity index (χ1) is 8.79. The summed E-state index contributed by atoms with van der Waals surface area (Å²) < 4.78 is 5.23. The molecule has 0 aliphatic rings. The fourth-order valence-corrected chi connectivity index (χ4v) is 1.66. The van der Waals surface area contributed by atoms with Gasteiger partial charge in [-0.25, -0.2) is 4.79 Å². The van der Waals surface area contributed by atoms with Gasteiger partial charge in [-0.15, -0.1) is 0 Å². The molecule has 0 aromatic heterocycles. The highest BCUT2D eigenvalue weighted by Crippen LogP contribution is 2.17. The molecule has 0 aliphatic carbocycles. The monoisotopic (exact) mass is 246 g/mol. The van der Waals surface area contributed by atoms with E-state index in [1.807, 2.05) is 43.3 Å². The van der Waals surface area contributed by atoms with Crippen LogP contribution in [0.15, 0.2) is 36.4 Å². The van der Waals surface area contributed by atoms with Gasteiger partial charge in [0.2, 0.25) is 0 Å². The Morgan fingerprint density at radius 3 is 2.50 bits per heavy atom. The average Bonchev–Trinajstić information content (AvgIpc) is 2.42. The van der Waals surface area contributed by atoms with Crippen molar-refractivity contribution in [1.29, 1.82) is 0 Å². The molecule has 1 rings (SSSR count). The van der Waals surface area contributed by atoms with E-state index in [0.29, 0.717) is 12.2 Å². The van der Waals surface area contributed by atoms with Crippen LogP contribution < -0.4 is 0 Å². The van der Waals surface area contributed by atoms with Crippen LogP contribution in [0.25, 0.3) is 5.57 Å². The number of unbranched alkanes of at least 4 members (excludes halogenated alkanes) is 2. The first-order valence-corrected chi connectivity index (χ1v) is 6.72. The summed E-state index contributed by atoms with van der Waals surface area (Å²) in [5, 5.41) is 0. The lowest BCUT2D eigenvalue weighted by Crippen LogP contribution is -2.08. The number of carbonyl (C=O) groups is 1. The molecular formula is C16H22O2. The first kappa shape index (κ1) is 14.5. The Morgan fingerprint density at radius 2 is 1.89 bits per heavy atom. The van der Waals surface area contributed by atoms with Gasteiger partial charge < -0.3 is 4.74 Å². The van der Waals surface area contributed by atoms with Gasteiger partial charge in [0, 0.05) is 0 Å². The quantitative estimate of drug-likeness (QED) is 0.409. The standard InChI is InChI=1S/C16H22O2/c1-3-5-7-12-15(16(17)18-13-4-2)14-10-8-6-9-11-14/h6,8-12H,3-5,7,13H2,1-2H3. The van der Waals surface area contributed by atoms with Gasteiger partial charge >= 0.3 is 5.97 Å². The zero-order chi connectivity index (χ0) is 13.2. The number of hydrogen-bond acceptors (Lipinski definition) is 2. The number of benzene rings is 1. The minimum atomic E-state index is -0.209. The molecule has 0 atom stereocenters. The number of rotatable bonds is 7. The number of hydrogen-bond donors (Lipinski definition) is 0. The van der Waals surface area contributed by atoms with Crippen LogP contribution in [0, 0.1) is 0 Å². The predicted octanol–water partition coefficient (Wildman–Crippen LogP) is 4.21. The zero-order valence-corrected chi connectivity index (χ0v) is 11.3. The maximum Gasteiger partial charge on any atom is 0.338 e. The van der Waals surface area contributed by atoms with Crippen LogP contribution in [-0.4, -0.2) is 12.6 Å². The third kappa shape index (κ3) is 4.74. The Kier molecular flexibility index (Phi) is 6.85. The maximum atomic E-state index is 12.0. The molecule has 0 heterocycles. The molecule has 0 aliphatic heterocycles. The van der Waals surface area contributed by atoms with Crippen LogP contribution in [0.4, 0.5) is 0 Å². The van der Waals surface area contributed by atoms with Crippen molar-refractivity contribution >= 4 is 11.5 Å². The summed E-state index contributed by atoms with van der Waals surface area (Å²) in [7, 11) is 0. The normalized spacial score (nSPS) is 11.3. The van der Waals surface area contributed by atoms with E-state index in [9.17, 15) is 4.79 Å². The lowest BCUT2D eigenvalue weighted by molar-refractivity contribution is -0.136. The predicted molar refractivity (Wildman–Crippen MR) is 75.2 cm³/mol. The fraction of sp³-hybridized carbons (Fsp3) is 0.438. The fourth-order valence-electron chi connectivity index (χ4n) is 1.66. The molecule has 0 unspecified atom stereocenters. The van der Waals surface area contributed by atoms with Gasteiger partial charge in [0.1, 0.15) is 0 Å².